The minimum atomic E-state index is -2.37. The van der Waals surface area contributed by atoms with Crippen LogP contribution in [-0.4, -0.2) is 19.5 Å². The van der Waals surface area contributed by atoms with Gasteiger partial charge >= 0.3 is 0 Å². The maximum atomic E-state index is 12.5. The molecule has 0 bridgehead atoms. The van der Waals surface area contributed by atoms with E-state index >= 15 is 0 Å². The Morgan fingerprint density at radius 2 is 2.30 bits per heavy atom. The Morgan fingerprint density at radius 3 is 2.70 bits per heavy atom. The SMILES string of the molecule is CNC[C@H]1CCC(F)(F)C1. The van der Waals surface area contributed by atoms with Crippen LogP contribution < -0.4 is 5.32 Å². The van der Waals surface area contributed by atoms with Gasteiger partial charge in [-0.05, 0) is 25.9 Å². The number of hydrogen-bond donors (Lipinski definition) is 1. The minimum absolute atomic E-state index is 0.0772. The van der Waals surface area contributed by atoms with E-state index in [1.165, 1.54) is 0 Å². The Balaban J connectivity index is 2.29. The van der Waals surface area contributed by atoms with E-state index in [-0.39, 0.29) is 18.8 Å². The third-order valence-corrected chi connectivity index (χ3v) is 2.00. The molecule has 1 aliphatic carbocycles. The Labute approximate surface area is 59.8 Å². The van der Waals surface area contributed by atoms with E-state index in [1.807, 2.05) is 0 Å². The molecule has 1 nitrogen and oxygen atoms in total. The molecule has 0 aliphatic heterocycles. The third-order valence-electron chi connectivity index (χ3n) is 2.00. The van der Waals surface area contributed by atoms with Crippen molar-refractivity contribution in [3.8, 4) is 0 Å². The fourth-order valence-corrected chi connectivity index (χ4v) is 1.50. The van der Waals surface area contributed by atoms with Gasteiger partial charge in [0.1, 0.15) is 0 Å². The van der Waals surface area contributed by atoms with Crippen molar-refractivity contribution >= 4 is 0 Å². The first-order valence-electron chi connectivity index (χ1n) is 3.66. The van der Waals surface area contributed by atoms with E-state index in [0.29, 0.717) is 6.42 Å². The Bertz CT molecular complexity index is 114. The highest BCUT2D eigenvalue weighted by atomic mass is 19.3. The average molecular weight is 149 g/mol. The largest absolute Gasteiger partial charge is 0.319 e. The predicted molar refractivity (Wildman–Crippen MR) is 36.2 cm³/mol. The lowest BCUT2D eigenvalue weighted by atomic mass is 10.1. The quantitative estimate of drug-likeness (QED) is 0.629. The van der Waals surface area contributed by atoms with Crippen LogP contribution >= 0.6 is 0 Å². The average Bonchev–Trinajstić information content (AvgIpc) is 2.12. The lowest BCUT2D eigenvalue weighted by molar-refractivity contribution is 0.00516. The van der Waals surface area contributed by atoms with Gasteiger partial charge in [-0.25, -0.2) is 8.78 Å². The van der Waals surface area contributed by atoms with E-state index < -0.39 is 5.92 Å². The maximum Gasteiger partial charge on any atom is 0.248 e. The Hall–Kier alpha value is -0.180. The smallest absolute Gasteiger partial charge is 0.248 e. The van der Waals surface area contributed by atoms with Crippen molar-refractivity contribution in [1.82, 2.24) is 5.32 Å². The van der Waals surface area contributed by atoms with Gasteiger partial charge in [0, 0.05) is 12.8 Å². The Morgan fingerprint density at radius 1 is 1.60 bits per heavy atom. The lowest BCUT2D eigenvalue weighted by Gasteiger charge is -2.08. The summed E-state index contributed by atoms with van der Waals surface area (Å²) in [6.45, 7) is 0.732. The zero-order valence-corrected chi connectivity index (χ0v) is 6.16. The van der Waals surface area contributed by atoms with Crippen molar-refractivity contribution in [2.24, 2.45) is 5.92 Å². The van der Waals surface area contributed by atoms with Gasteiger partial charge in [-0.3, -0.25) is 0 Å². The monoisotopic (exact) mass is 149 g/mol. The first-order chi connectivity index (χ1) is 4.64. The third kappa shape index (κ3) is 1.90. The molecule has 0 amide bonds. The molecule has 0 aromatic rings. The van der Waals surface area contributed by atoms with Crippen LogP contribution in [0.1, 0.15) is 19.3 Å². The molecule has 0 heterocycles. The van der Waals surface area contributed by atoms with Gasteiger partial charge in [-0.2, -0.15) is 0 Å². The lowest BCUT2D eigenvalue weighted by Crippen LogP contribution is -2.18. The molecule has 1 fully saturated rings. The zero-order valence-electron chi connectivity index (χ0n) is 6.16. The van der Waals surface area contributed by atoms with Gasteiger partial charge in [0.15, 0.2) is 0 Å². The normalized spacial score (nSPS) is 30.9. The van der Waals surface area contributed by atoms with E-state index in [4.69, 9.17) is 0 Å². The molecule has 0 radical (unpaired) electrons. The van der Waals surface area contributed by atoms with Crippen molar-refractivity contribution in [1.29, 1.82) is 0 Å². The van der Waals surface area contributed by atoms with E-state index in [1.54, 1.807) is 7.05 Å². The molecule has 1 N–H and O–H groups in total. The molecular weight excluding hydrogens is 136 g/mol. The van der Waals surface area contributed by atoms with Crippen LogP contribution in [0.15, 0.2) is 0 Å². The molecule has 0 saturated heterocycles. The van der Waals surface area contributed by atoms with Crippen LogP contribution in [0.5, 0.6) is 0 Å². The Kier molecular flexibility index (Phi) is 2.24. The molecule has 1 aliphatic rings. The maximum absolute atomic E-state index is 12.5. The van der Waals surface area contributed by atoms with Crippen molar-refractivity contribution in [2.75, 3.05) is 13.6 Å². The summed E-state index contributed by atoms with van der Waals surface area (Å²) in [6, 6.07) is 0. The molecule has 0 spiro atoms. The number of rotatable bonds is 2. The van der Waals surface area contributed by atoms with E-state index in [0.717, 1.165) is 6.54 Å². The topological polar surface area (TPSA) is 12.0 Å². The second-order valence-electron chi connectivity index (χ2n) is 3.02. The highest BCUT2D eigenvalue weighted by molar-refractivity contribution is 4.81. The van der Waals surface area contributed by atoms with Gasteiger partial charge in [0.2, 0.25) is 5.92 Å². The predicted octanol–water partition coefficient (Wildman–Crippen LogP) is 1.64. The van der Waals surface area contributed by atoms with Crippen LogP contribution in [-0.2, 0) is 0 Å². The summed E-state index contributed by atoms with van der Waals surface area (Å²) >= 11 is 0. The van der Waals surface area contributed by atoms with Crippen LogP contribution in [0, 0.1) is 5.92 Å². The van der Waals surface area contributed by atoms with Gasteiger partial charge in [0.25, 0.3) is 0 Å². The number of alkyl halides is 2. The fraction of sp³-hybridized carbons (Fsp3) is 1.00. The van der Waals surface area contributed by atoms with Crippen LogP contribution in [0.3, 0.4) is 0 Å². The number of nitrogens with one attached hydrogen (secondary N) is 1. The molecule has 3 heteroatoms. The molecule has 60 valence electrons. The second kappa shape index (κ2) is 2.82. The molecular formula is C7H13F2N. The molecule has 0 unspecified atom stereocenters. The standard InChI is InChI=1S/C7H13F2N/c1-10-5-6-2-3-7(8,9)4-6/h6,10H,2-5H2,1H3/t6-/m0/s1. The highest BCUT2D eigenvalue weighted by Gasteiger charge is 2.38. The fourth-order valence-electron chi connectivity index (χ4n) is 1.50. The molecule has 1 rings (SSSR count). The highest BCUT2D eigenvalue weighted by Crippen LogP contribution is 2.38. The zero-order chi connectivity index (χ0) is 7.61. The minimum Gasteiger partial charge on any atom is -0.319 e. The summed E-state index contributed by atoms with van der Waals surface area (Å²) in [5, 5.41) is 2.91. The van der Waals surface area contributed by atoms with Crippen LogP contribution in [0.4, 0.5) is 8.78 Å². The van der Waals surface area contributed by atoms with E-state index in [9.17, 15) is 8.78 Å². The summed E-state index contributed by atoms with van der Waals surface area (Å²) in [4.78, 5) is 0. The first kappa shape index (κ1) is 7.92. The molecule has 0 aromatic carbocycles. The molecule has 10 heavy (non-hydrogen) atoms. The summed E-state index contributed by atoms with van der Waals surface area (Å²) in [5.74, 6) is -2.18. The van der Waals surface area contributed by atoms with Crippen molar-refractivity contribution < 1.29 is 8.78 Å². The summed E-state index contributed by atoms with van der Waals surface area (Å²) in [7, 11) is 1.80. The van der Waals surface area contributed by atoms with Gasteiger partial charge < -0.3 is 5.32 Å². The van der Waals surface area contributed by atoms with Crippen molar-refractivity contribution in [2.45, 2.75) is 25.2 Å². The number of hydrogen-bond acceptors (Lipinski definition) is 1. The van der Waals surface area contributed by atoms with Crippen molar-refractivity contribution in [3.05, 3.63) is 0 Å². The molecule has 0 aromatic heterocycles. The van der Waals surface area contributed by atoms with Gasteiger partial charge in [-0.15, -0.1) is 0 Å². The summed E-state index contributed by atoms with van der Waals surface area (Å²) in [6.07, 6.45) is 0.834. The van der Waals surface area contributed by atoms with Gasteiger partial charge in [-0.1, -0.05) is 0 Å². The van der Waals surface area contributed by atoms with E-state index in [2.05, 4.69) is 5.32 Å². The molecule has 1 saturated carbocycles. The van der Waals surface area contributed by atoms with Crippen molar-refractivity contribution in [3.63, 3.8) is 0 Å². The van der Waals surface area contributed by atoms with Gasteiger partial charge in [0.05, 0.1) is 0 Å². The van der Waals surface area contributed by atoms with Crippen LogP contribution in [0.25, 0.3) is 0 Å². The second-order valence-corrected chi connectivity index (χ2v) is 3.02. The van der Waals surface area contributed by atoms with Crippen LogP contribution in [0.2, 0.25) is 0 Å². The number of halogens is 2. The summed E-state index contributed by atoms with van der Waals surface area (Å²) in [5.41, 5.74) is 0. The molecule has 1 atom stereocenters. The summed E-state index contributed by atoms with van der Waals surface area (Å²) < 4.78 is 25.0. The first-order valence-corrected chi connectivity index (χ1v) is 3.66.